The first-order valence-corrected chi connectivity index (χ1v) is 3.27. The summed E-state index contributed by atoms with van der Waals surface area (Å²) in [5.74, 6) is -0.377. The smallest absolute Gasteiger partial charge is 0.347 e. The Morgan fingerprint density at radius 3 is 2.44 bits per heavy atom. The molecule has 0 rings (SSSR count). The van der Waals surface area contributed by atoms with Crippen LogP contribution in [0.3, 0.4) is 0 Å². The maximum atomic E-state index is 10.5. The van der Waals surface area contributed by atoms with Gasteiger partial charge in [-0.1, -0.05) is 0 Å². The summed E-state index contributed by atoms with van der Waals surface area (Å²) >= 11 is 1.83. The molecule has 0 aromatic carbocycles. The van der Waals surface area contributed by atoms with Crippen molar-refractivity contribution in [2.24, 2.45) is 0 Å². The van der Waals surface area contributed by atoms with Crippen molar-refractivity contribution in [1.82, 2.24) is 0 Å². The number of halogens is 1. The van der Waals surface area contributed by atoms with Gasteiger partial charge in [-0.25, -0.2) is 4.79 Å². The van der Waals surface area contributed by atoms with Crippen molar-refractivity contribution in [3.8, 4) is 0 Å². The predicted molar refractivity (Wildman–Crippen MR) is 41.1 cm³/mol. The van der Waals surface area contributed by atoms with Gasteiger partial charge >= 0.3 is 5.97 Å². The summed E-state index contributed by atoms with van der Waals surface area (Å²) in [7, 11) is 2.80. The first kappa shape index (κ1) is 8.74. The van der Waals surface area contributed by atoms with Crippen LogP contribution in [0.15, 0.2) is 9.84 Å². The molecule has 0 aliphatic heterocycles. The highest BCUT2D eigenvalue weighted by molar-refractivity contribution is 14.1. The lowest BCUT2D eigenvalue weighted by atomic mass is 10.6. The Balaban J connectivity index is 3.86. The molecule has 9 heavy (non-hydrogen) atoms. The molecular formula is C5H7IO3. The summed E-state index contributed by atoms with van der Waals surface area (Å²) in [4.78, 5) is 10.5. The summed E-state index contributed by atoms with van der Waals surface area (Å²) in [6, 6.07) is 0. The fourth-order valence-corrected chi connectivity index (χ4v) is 0.724. The maximum Gasteiger partial charge on any atom is 0.347 e. The Morgan fingerprint density at radius 1 is 1.56 bits per heavy atom. The van der Waals surface area contributed by atoms with Gasteiger partial charge < -0.3 is 9.47 Å². The molecule has 0 spiro atoms. The SMILES string of the molecule is COC=C(I)C(=O)OC. The summed E-state index contributed by atoms with van der Waals surface area (Å²) in [6.45, 7) is 0. The van der Waals surface area contributed by atoms with Gasteiger partial charge in [0.2, 0.25) is 0 Å². The van der Waals surface area contributed by atoms with E-state index < -0.39 is 0 Å². The fourth-order valence-electron chi connectivity index (χ4n) is 0.249. The number of hydrogen-bond acceptors (Lipinski definition) is 3. The quantitative estimate of drug-likeness (QED) is 0.314. The molecule has 0 bridgehead atoms. The molecule has 0 aromatic rings. The zero-order valence-electron chi connectivity index (χ0n) is 5.18. The zero-order chi connectivity index (χ0) is 7.28. The van der Waals surface area contributed by atoms with Crippen molar-refractivity contribution in [1.29, 1.82) is 0 Å². The van der Waals surface area contributed by atoms with Crippen LogP contribution in [-0.2, 0) is 14.3 Å². The lowest BCUT2D eigenvalue weighted by Crippen LogP contribution is -1.98. The highest BCUT2D eigenvalue weighted by atomic mass is 127. The van der Waals surface area contributed by atoms with Gasteiger partial charge in [0.05, 0.1) is 14.2 Å². The van der Waals surface area contributed by atoms with E-state index in [9.17, 15) is 4.79 Å². The number of ether oxygens (including phenoxy) is 2. The molecule has 4 heteroatoms. The zero-order valence-corrected chi connectivity index (χ0v) is 7.34. The van der Waals surface area contributed by atoms with E-state index in [4.69, 9.17) is 0 Å². The van der Waals surface area contributed by atoms with Crippen LogP contribution >= 0.6 is 22.6 Å². The Morgan fingerprint density at radius 2 is 2.11 bits per heavy atom. The number of carbonyl (C=O) groups excluding carboxylic acids is 1. The second kappa shape index (κ2) is 4.60. The normalized spacial score (nSPS) is 10.8. The van der Waals surface area contributed by atoms with E-state index in [1.807, 2.05) is 22.6 Å². The lowest BCUT2D eigenvalue weighted by Gasteiger charge is -1.94. The molecule has 0 saturated heterocycles. The minimum atomic E-state index is -0.377. The third-order valence-electron chi connectivity index (χ3n) is 0.602. The van der Waals surface area contributed by atoms with Crippen LogP contribution in [0.5, 0.6) is 0 Å². The van der Waals surface area contributed by atoms with E-state index in [0.717, 1.165) is 0 Å². The van der Waals surface area contributed by atoms with E-state index >= 15 is 0 Å². The topological polar surface area (TPSA) is 35.5 Å². The largest absolute Gasteiger partial charge is 0.503 e. The monoisotopic (exact) mass is 242 g/mol. The maximum absolute atomic E-state index is 10.5. The Bertz CT molecular complexity index is 130. The highest BCUT2D eigenvalue weighted by Gasteiger charge is 2.03. The number of hydrogen-bond donors (Lipinski definition) is 0. The van der Waals surface area contributed by atoms with Crippen molar-refractivity contribution < 1.29 is 14.3 Å². The molecule has 0 N–H and O–H groups in total. The molecule has 0 aromatic heterocycles. The molecule has 0 aliphatic rings. The van der Waals surface area contributed by atoms with E-state index in [0.29, 0.717) is 3.58 Å². The van der Waals surface area contributed by atoms with Gasteiger partial charge in [-0.05, 0) is 22.6 Å². The summed E-state index contributed by atoms with van der Waals surface area (Å²) in [5.41, 5.74) is 0. The molecule has 0 atom stereocenters. The van der Waals surface area contributed by atoms with Gasteiger partial charge in [0, 0.05) is 0 Å². The number of methoxy groups -OCH3 is 2. The second-order valence-corrected chi connectivity index (χ2v) is 2.36. The molecule has 0 unspecified atom stereocenters. The fraction of sp³-hybridized carbons (Fsp3) is 0.400. The number of carbonyl (C=O) groups is 1. The molecular weight excluding hydrogens is 235 g/mol. The van der Waals surface area contributed by atoms with Gasteiger partial charge in [0.1, 0.15) is 9.84 Å². The highest BCUT2D eigenvalue weighted by Crippen LogP contribution is 2.06. The van der Waals surface area contributed by atoms with E-state index in [2.05, 4.69) is 9.47 Å². The standard InChI is InChI=1S/C5H7IO3/c1-8-3-4(6)5(7)9-2/h3H,1-2H3. The Labute approximate surface area is 67.2 Å². The number of rotatable bonds is 2. The Hall–Kier alpha value is -0.260. The third kappa shape index (κ3) is 3.34. The minimum absolute atomic E-state index is 0.377. The summed E-state index contributed by atoms with van der Waals surface area (Å²) in [5, 5.41) is 0. The van der Waals surface area contributed by atoms with Crippen molar-refractivity contribution >= 4 is 28.6 Å². The summed E-state index contributed by atoms with van der Waals surface area (Å²) < 4.78 is 9.35. The molecule has 0 radical (unpaired) electrons. The van der Waals surface area contributed by atoms with Crippen LogP contribution in [0.25, 0.3) is 0 Å². The Kier molecular flexibility index (Phi) is 4.47. The van der Waals surface area contributed by atoms with Gasteiger partial charge in [0.15, 0.2) is 0 Å². The molecule has 0 aliphatic carbocycles. The molecule has 0 amide bonds. The molecule has 52 valence electrons. The van der Waals surface area contributed by atoms with Crippen LogP contribution in [0.4, 0.5) is 0 Å². The summed E-state index contributed by atoms with van der Waals surface area (Å²) in [6.07, 6.45) is 1.33. The average Bonchev–Trinajstić information content (AvgIpc) is 1.87. The van der Waals surface area contributed by atoms with Gasteiger partial charge in [-0.2, -0.15) is 0 Å². The van der Waals surface area contributed by atoms with Crippen LogP contribution in [-0.4, -0.2) is 20.2 Å². The predicted octanol–water partition coefficient (Wildman–Crippen LogP) is 1.08. The second-order valence-electron chi connectivity index (χ2n) is 1.19. The van der Waals surface area contributed by atoms with E-state index in [1.54, 1.807) is 0 Å². The first-order valence-electron chi connectivity index (χ1n) is 2.19. The van der Waals surface area contributed by atoms with Gasteiger partial charge in [-0.15, -0.1) is 0 Å². The third-order valence-corrected chi connectivity index (χ3v) is 1.30. The molecule has 3 nitrogen and oxygen atoms in total. The molecule has 0 heterocycles. The van der Waals surface area contributed by atoms with Gasteiger partial charge in [0.25, 0.3) is 0 Å². The molecule has 0 saturated carbocycles. The van der Waals surface area contributed by atoms with Crippen molar-refractivity contribution in [3.63, 3.8) is 0 Å². The minimum Gasteiger partial charge on any atom is -0.503 e. The van der Waals surface area contributed by atoms with E-state index in [-0.39, 0.29) is 5.97 Å². The van der Waals surface area contributed by atoms with Crippen molar-refractivity contribution in [3.05, 3.63) is 9.84 Å². The van der Waals surface area contributed by atoms with Crippen molar-refractivity contribution in [2.45, 2.75) is 0 Å². The molecule has 0 fully saturated rings. The van der Waals surface area contributed by atoms with Gasteiger partial charge in [-0.3, -0.25) is 0 Å². The van der Waals surface area contributed by atoms with Crippen LogP contribution in [0.1, 0.15) is 0 Å². The average molecular weight is 242 g/mol. The van der Waals surface area contributed by atoms with Crippen LogP contribution in [0.2, 0.25) is 0 Å². The number of esters is 1. The van der Waals surface area contributed by atoms with Crippen LogP contribution < -0.4 is 0 Å². The first-order chi connectivity index (χ1) is 4.22. The van der Waals surface area contributed by atoms with Crippen molar-refractivity contribution in [2.75, 3.05) is 14.2 Å². The van der Waals surface area contributed by atoms with E-state index in [1.165, 1.54) is 20.5 Å². The van der Waals surface area contributed by atoms with Crippen LogP contribution in [0, 0.1) is 0 Å². The lowest BCUT2D eigenvalue weighted by molar-refractivity contribution is -0.135.